The first-order valence-corrected chi connectivity index (χ1v) is 13.1. The topological polar surface area (TPSA) is 117 Å². The summed E-state index contributed by atoms with van der Waals surface area (Å²) >= 11 is 0. The number of carbonyl (C=O) groups excluding carboxylic acids is 3. The summed E-state index contributed by atoms with van der Waals surface area (Å²) < 4.78 is 5.53. The van der Waals surface area contributed by atoms with E-state index >= 15 is 0 Å². The standard InChI is InChI=1S/C30H39N5O4/c1-5-32-29(38)35(19-22-11-7-6-8-12-22)33-28(37)26(34(4)27(36)20-39-21-30(2,3)31)18-23-15-16-24-13-9-10-14-25(24)17-23/h6-17,26H,5,18-21,31H2,1-4H3,(H,32,38)(H,33,37). The second-order valence-corrected chi connectivity index (χ2v) is 10.3. The van der Waals surface area contributed by atoms with Crippen LogP contribution in [-0.4, -0.2) is 66.1 Å². The lowest BCUT2D eigenvalue weighted by atomic mass is 10.0. The molecule has 0 bridgehead atoms. The molecule has 208 valence electrons. The van der Waals surface area contributed by atoms with Gasteiger partial charge in [-0.2, -0.15) is 0 Å². The minimum atomic E-state index is -0.902. The highest BCUT2D eigenvalue weighted by atomic mass is 16.5. The molecule has 0 aliphatic rings. The average molecular weight is 534 g/mol. The highest BCUT2D eigenvalue weighted by Gasteiger charge is 2.30. The van der Waals surface area contributed by atoms with Gasteiger partial charge in [-0.05, 0) is 42.7 Å². The maximum atomic E-state index is 13.7. The monoisotopic (exact) mass is 533 g/mol. The van der Waals surface area contributed by atoms with Gasteiger partial charge in [0.05, 0.1) is 13.2 Å². The molecule has 0 radical (unpaired) electrons. The Morgan fingerprint density at radius 3 is 2.28 bits per heavy atom. The van der Waals surface area contributed by atoms with Crippen molar-refractivity contribution < 1.29 is 19.1 Å². The number of nitrogens with one attached hydrogen (secondary N) is 2. The van der Waals surface area contributed by atoms with E-state index in [2.05, 4.69) is 10.7 Å². The van der Waals surface area contributed by atoms with Crippen molar-refractivity contribution in [1.29, 1.82) is 0 Å². The zero-order valence-corrected chi connectivity index (χ0v) is 23.1. The van der Waals surface area contributed by atoms with E-state index in [1.165, 1.54) is 9.91 Å². The molecule has 0 aliphatic carbocycles. The molecular weight excluding hydrogens is 494 g/mol. The highest BCUT2D eigenvalue weighted by Crippen LogP contribution is 2.18. The van der Waals surface area contributed by atoms with Gasteiger partial charge in [-0.1, -0.05) is 72.8 Å². The number of amides is 4. The van der Waals surface area contributed by atoms with Crippen LogP contribution in [0.4, 0.5) is 4.79 Å². The minimum Gasteiger partial charge on any atom is -0.370 e. The number of rotatable bonds is 11. The molecule has 0 aliphatic heterocycles. The van der Waals surface area contributed by atoms with E-state index in [4.69, 9.17) is 10.5 Å². The van der Waals surface area contributed by atoms with Crippen LogP contribution in [0, 0.1) is 0 Å². The summed E-state index contributed by atoms with van der Waals surface area (Å²) in [6, 6.07) is 21.9. The third kappa shape index (κ3) is 9.08. The molecule has 3 aromatic rings. The first kappa shape index (κ1) is 29.6. The van der Waals surface area contributed by atoms with Gasteiger partial charge in [-0.3, -0.25) is 15.0 Å². The number of hydrazine groups is 1. The van der Waals surface area contributed by atoms with Crippen LogP contribution in [0.15, 0.2) is 72.8 Å². The molecule has 1 unspecified atom stereocenters. The Kier molecular flexibility index (Phi) is 10.4. The molecule has 3 rings (SSSR count). The van der Waals surface area contributed by atoms with E-state index in [9.17, 15) is 14.4 Å². The molecule has 9 heteroatoms. The summed E-state index contributed by atoms with van der Waals surface area (Å²) in [6.07, 6.45) is 0.246. The molecule has 0 spiro atoms. The number of fused-ring (bicyclic) bond motifs is 1. The number of ether oxygens (including phenoxy) is 1. The third-order valence-corrected chi connectivity index (χ3v) is 6.11. The molecule has 0 saturated heterocycles. The van der Waals surface area contributed by atoms with E-state index in [1.807, 2.05) is 72.8 Å². The molecule has 0 saturated carbocycles. The third-order valence-electron chi connectivity index (χ3n) is 6.11. The molecule has 4 amide bonds. The Balaban J connectivity index is 1.85. The number of urea groups is 1. The summed E-state index contributed by atoms with van der Waals surface area (Å²) in [7, 11) is 1.57. The van der Waals surface area contributed by atoms with Gasteiger partial charge in [0.2, 0.25) is 5.91 Å². The lowest BCUT2D eigenvalue weighted by Crippen LogP contribution is -2.57. The molecule has 3 aromatic carbocycles. The second-order valence-electron chi connectivity index (χ2n) is 10.3. The maximum absolute atomic E-state index is 13.7. The molecule has 0 heterocycles. The Morgan fingerprint density at radius 1 is 0.949 bits per heavy atom. The van der Waals surface area contributed by atoms with Crippen LogP contribution >= 0.6 is 0 Å². The van der Waals surface area contributed by atoms with Crippen LogP contribution < -0.4 is 16.5 Å². The Labute approximate surface area is 230 Å². The lowest BCUT2D eigenvalue weighted by Gasteiger charge is -2.31. The number of hydrogen-bond acceptors (Lipinski definition) is 5. The fourth-order valence-corrected chi connectivity index (χ4v) is 4.05. The van der Waals surface area contributed by atoms with Gasteiger partial charge in [0, 0.05) is 25.6 Å². The van der Waals surface area contributed by atoms with Crippen LogP contribution in [0.5, 0.6) is 0 Å². The predicted molar refractivity (Wildman–Crippen MR) is 152 cm³/mol. The summed E-state index contributed by atoms with van der Waals surface area (Å²) in [5, 5.41) is 6.08. The number of likely N-dealkylation sites (N-methyl/N-ethyl adjacent to an activating group) is 1. The van der Waals surface area contributed by atoms with Crippen molar-refractivity contribution in [2.24, 2.45) is 5.73 Å². The second kappa shape index (κ2) is 13.7. The smallest absolute Gasteiger partial charge is 0.336 e. The highest BCUT2D eigenvalue weighted by molar-refractivity contribution is 5.90. The van der Waals surface area contributed by atoms with Crippen molar-refractivity contribution in [1.82, 2.24) is 20.7 Å². The van der Waals surface area contributed by atoms with Crippen molar-refractivity contribution >= 4 is 28.6 Å². The molecule has 9 nitrogen and oxygen atoms in total. The van der Waals surface area contributed by atoms with Gasteiger partial charge in [0.1, 0.15) is 12.6 Å². The molecule has 0 fully saturated rings. The number of carbonyl (C=O) groups is 3. The van der Waals surface area contributed by atoms with Gasteiger partial charge in [-0.15, -0.1) is 0 Å². The Morgan fingerprint density at radius 2 is 1.62 bits per heavy atom. The molecular formula is C30H39N5O4. The fourth-order valence-electron chi connectivity index (χ4n) is 4.05. The minimum absolute atomic E-state index is 0.160. The van der Waals surface area contributed by atoms with Crippen LogP contribution in [-0.2, 0) is 27.3 Å². The van der Waals surface area contributed by atoms with Gasteiger partial charge in [0.25, 0.3) is 5.91 Å². The van der Waals surface area contributed by atoms with E-state index in [-0.39, 0.29) is 32.1 Å². The molecule has 0 aromatic heterocycles. The fraction of sp³-hybridized carbons (Fsp3) is 0.367. The van der Waals surface area contributed by atoms with Gasteiger partial charge < -0.3 is 20.7 Å². The summed E-state index contributed by atoms with van der Waals surface area (Å²) in [4.78, 5) is 41.0. The SMILES string of the molecule is CCNC(=O)N(Cc1ccccc1)NC(=O)C(Cc1ccc2ccccc2c1)N(C)C(=O)COCC(C)(C)N. The van der Waals surface area contributed by atoms with E-state index in [0.717, 1.165) is 21.9 Å². The zero-order valence-electron chi connectivity index (χ0n) is 23.1. The zero-order chi connectivity index (χ0) is 28.4. The summed E-state index contributed by atoms with van der Waals surface area (Å²) in [5.74, 6) is -0.854. The predicted octanol–water partition coefficient (Wildman–Crippen LogP) is 3.23. The van der Waals surface area contributed by atoms with Crippen molar-refractivity contribution in [3.8, 4) is 0 Å². The quantitative estimate of drug-likeness (QED) is 0.327. The first-order chi connectivity index (χ1) is 18.6. The van der Waals surface area contributed by atoms with Gasteiger partial charge in [0.15, 0.2) is 0 Å². The first-order valence-electron chi connectivity index (χ1n) is 13.1. The number of benzene rings is 3. The largest absolute Gasteiger partial charge is 0.370 e. The maximum Gasteiger partial charge on any atom is 0.336 e. The Hall–Kier alpha value is -3.95. The number of hydrogen-bond donors (Lipinski definition) is 3. The van der Waals surface area contributed by atoms with E-state index in [1.54, 1.807) is 27.8 Å². The van der Waals surface area contributed by atoms with Crippen molar-refractivity contribution in [2.45, 2.75) is 45.3 Å². The summed E-state index contributed by atoms with van der Waals surface area (Å²) in [6.45, 7) is 5.94. The lowest BCUT2D eigenvalue weighted by molar-refractivity contribution is -0.144. The van der Waals surface area contributed by atoms with Crippen LogP contribution in [0.25, 0.3) is 10.8 Å². The normalized spacial score (nSPS) is 12.0. The molecule has 39 heavy (non-hydrogen) atoms. The van der Waals surface area contributed by atoms with E-state index in [0.29, 0.717) is 6.54 Å². The summed E-state index contributed by atoms with van der Waals surface area (Å²) in [5.41, 5.74) is 9.85. The van der Waals surface area contributed by atoms with Gasteiger partial charge in [-0.25, -0.2) is 9.80 Å². The molecule has 1 atom stereocenters. The Bertz CT molecular complexity index is 1260. The van der Waals surface area contributed by atoms with Crippen molar-refractivity contribution in [2.75, 3.05) is 26.8 Å². The number of nitrogens with two attached hydrogens (primary N) is 1. The van der Waals surface area contributed by atoms with E-state index < -0.39 is 23.5 Å². The van der Waals surface area contributed by atoms with Gasteiger partial charge >= 0.3 is 6.03 Å². The number of nitrogens with zero attached hydrogens (tertiary/aromatic N) is 2. The van der Waals surface area contributed by atoms with Crippen LogP contribution in [0.3, 0.4) is 0 Å². The van der Waals surface area contributed by atoms with Crippen LogP contribution in [0.2, 0.25) is 0 Å². The molecule has 4 N–H and O–H groups in total. The van der Waals surface area contributed by atoms with Crippen molar-refractivity contribution in [3.63, 3.8) is 0 Å². The average Bonchev–Trinajstić information content (AvgIpc) is 2.90. The van der Waals surface area contributed by atoms with Crippen molar-refractivity contribution in [3.05, 3.63) is 83.9 Å². The van der Waals surface area contributed by atoms with Crippen LogP contribution in [0.1, 0.15) is 31.9 Å².